The molecule has 4 rings (SSSR count). The standard InChI is InChI=1S/C20H27NO3/c1-24-18-4-2-3-15(11-18)14-5-7-20(8-6-14)12-21(13-20)19(23)16-9-17(22)10-16/h2-4,11,14,16-17,22H,5-10,12-13H2,1H3. The zero-order chi connectivity index (χ0) is 16.7. The third-order valence-electron chi connectivity index (χ3n) is 6.44. The number of benzene rings is 1. The van der Waals surface area contributed by atoms with Gasteiger partial charge in [-0.3, -0.25) is 4.79 Å². The van der Waals surface area contributed by atoms with Gasteiger partial charge in [-0.15, -0.1) is 0 Å². The fraction of sp³-hybridized carbons (Fsp3) is 0.650. The molecule has 4 nitrogen and oxygen atoms in total. The minimum absolute atomic E-state index is 0.0884. The Hall–Kier alpha value is -1.55. The van der Waals surface area contributed by atoms with Crippen molar-refractivity contribution in [3.8, 4) is 5.75 Å². The summed E-state index contributed by atoms with van der Waals surface area (Å²) in [5, 5.41) is 9.38. The highest BCUT2D eigenvalue weighted by Crippen LogP contribution is 2.49. The summed E-state index contributed by atoms with van der Waals surface area (Å²) >= 11 is 0. The van der Waals surface area contributed by atoms with Crippen molar-refractivity contribution in [1.82, 2.24) is 4.90 Å². The van der Waals surface area contributed by atoms with E-state index < -0.39 is 0 Å². The van der Waals surface area contributed by atoms with Crippen LogP contribution in [0.1, 0.15) is 50.0 Å². The van der Waals surface area contributed by atoms with Crippen molar-refractivity contribution < 1.29 is 14.6 Å². The molecule has 3 fully saturated rings. The highest BCUT2D eigenvalue weighted by Gasteiger charge is 2.49. The molecule has 0 radical (unpaired) electrons. The van der Waals surface area contributed by atoms with Gasteiger partial charge in [-0.25, -0.2) is 0 Å². The number of aliphatic hydroxyl groups excluding tert-OH is 1. The molecule has 130 valence electrons. The van der Waals surface area contributed by atoms with E-state index >= 15 is 0 Å². The van der Waals surface area contributed by atoms with Gasteiger partial charge in [0.2, 0.25) is 5.91 Å². The number of rotatable bonds is 3. The summed E-state index contributed by atoms with van der Waals surface area (Å²) in [6, 6.07) is 8.46. The minimum Gasteiger partial charge on any atom is -0.497 e. The molecular formula is C20H27NO3. The molecule has 2 aliphatic carbocycles. The van der Waals surface area contributed by atoms with Gasteiger partial charge >= 0.3 is 0 Å². The van der Waals surface area contributed by atoms with Crippen molar-refractivity contribution in [3.63, 3.8) is 0 Å². The number of nitrogens with zero attached hydrogens (tertiary/aromatic N) is 1. The summed E-state index contributed by atoms with van der Waals surface area (Å²) in [7, 11) is 1.72. The molecule has 1 aromatic rings. The quantitative estimate of drug-likeness (QED) is 0.927. The second-order valence-corrected chi connectivity index (χ2v) is 8.07. The summed E-state index contributed by atoms with van der Waals surface area (Å²) in [5.41, 5.74) is 1.76. The van der Waals surface area contributed by atoms with Crippen molar-refractivity contribution in [2.45, 2.75) is 50.5 Å². The van der Waals surface area contributed by atoms with Gasteiger partial charge in [0, 0.05) is 24.4 Å². The Balaban J connectivity index is 1.30. The Morgan fingerprint density at radius 2 is 1.96 bits per heavy atom. The monoisotopic (exact) mass is 329 g/mol. The fourth-order valence-electron chi connectivity index (χ4n) is 4.74. The molecule has 1 N–H and O–H groups in total. The Morgan fingerprint density at radius 1 is 1.25 bits per heavy atom. The normalized spacial score (nSPS) is 29.0. The van der Waals surface area contributed by atoms with Gasteiger partial charge in [-0.1, -0.05) is 12.1 Å². The van der Waals surface area contributed by atoms with E-state index in [-0.39, 0.29) is 17.9 Å². The molecule has 1 saturated heterocycles. The average Bonchev–Trinajstić information content (AvgIpc) is 2.56. The molecule has 24 heavy (non-hydrogen) atoms. The van der Waals surface area contributed by atoms with E-state index in [2.05, 4.69) is 18.2 Å². The number of carbonyl (C=O) groups excluding carboxylic acids is 1. The molecule has 1 aliphatic heterocycles. The largest absolute Gasteiger partial charge is 0.497 e. The van der Waals surface area contributed by atoms with E-state index in [1.165, 1.54) is 31.2 Å². The first-order valence-corrected chi connectivity index (χ1v) is 9.19. The van der Waals surface area contributed by atoms with Gasteiger partial charge in [-0.2, -0.15) is 0 Å². The van der Waals surface area contributed by atoms with Crippen LogP contribution in [0.3, 0.4) is 0 Å². The van der Waals surface area contributed by atoms with Crippen molar-refractivity contribution >= 4 is 5.91 Å². The lowest BCUT2D eigenvalue weighted by Gasteiger charge is -2.55. The predicted molar refractivity (Wildman–Crippen MR) is 91.9 cm³/mol. The fourth-order valence-corrected chi connectivity index (χ4v) is 4.74. The van der Waals surface area contributed by atoms with E-state index in [1.54, 1.807) is 7.11 Å². The van der Waals surface area contributed by atoms with Gasteiger partial charge in [0.1, 0.15) is 5.75 Å². The second-order valence-electron chi connectivity index (χ2n) is 8.07. The summed E-state index contributed by atoms with van der Waals surface area (Å²) in [6.07, 6.45) is 5.93. The van der Waals surface area contributed by atoms with Crippen LogP contribution in [0, 0.1) is 11.3 Å². The average molecular weight is 329 g/mol. The number of ether oxygens (including phenoxy) is 1. The van der Waals surface area contributed by atoms with Crippen LogP contribution in [0.4, 0.5) is 0 Å². The SMILES string of the molecule is COc1cccc(C2CCC3(CC2)CN(C(=O)C2CC(O)C2)C3)c1. The summed E-state index contributed by atoms with van der Waals surface area (Å²) in [5.74, 6) is 1.93. The molecular weight excluding hydrogens is 302 g/mol. The van der Waals surface area contributed by atoms with Crippen molar-refractivity contribution in [2.75, 3.05) is 20.2 Å². The first-order valence-electron chi connectivity index (χ1n) is 9.19. The summed E-state index contributed by atoms with van der Waals surface area (Å²) < 4.78 is 5.34. The number of aliphatic hydroxyl groups is 1. The lowest BCUT2D eigenvalue weighted by atomic mass is 9.64. The molecule has 1 spiro atoms. The third kappa shape index (κ3) is 2.81. The maximum Gasteiger partial charge on any atom is 0.225 e. The van der Waals surface area contributed by atoms with Crippen molar-refractivity contribution in [2.24, 2.45) is 11.3 Å². The summed E-state index contributed by atoms with van der Waals surface area (Å²) in [4.78, 5) is 14.4. The van der Waals surface area contributed by atoms with Crippen molar-refractivity contribution in [3.05, 3.63) is 29.8 Å². The van der Waals surface area contributed by atoms with Crippen LogP contribution in [0.5, 0.6) is 5.75 Å². The van der Waals surface area contributed by atoms with Crippen LogP contribution < -0.4 is 4.74 Å². The molecule has 4 heteroatoms. The molecule has 0 aromatic heterocycles. The number of methoxy groups -OCH3 is 1. The molecule has 2 saturated carbocycles. The number of hydrogen-bond acceptors (Lipinski definition) is 3. The van der Waals surface area contributed by atoms with Crippen LogP contribution >= 0.6 is 0 Å². The third-order valence-corrected chi connectivity index (χ3v) is 6.44. The predicted octanol–water partition coefficient (Wildman–Crippen LogP) is 2.95. The van der Waals surface area contributed by atoms with Gasteiger partial charge in [0.05, 0.1) is 13.2 Å². The van der Waals surface area contributed by atoms with E-state index in [4.69, 9.17) is 4.74 Å². The molecule has 1 aromatic carbocycles. The Labute approximate surface area is 143 Å². The van der Waals surface area contributed by atoms with Gasteiger partial charge in [0.15, 0.2) is 0 Å². The van der Waals surface area contributed by atoms with Gasteiger partial charge in [-0.05, 0) is 62.1 Å². The highest BCUT2D eigenvalue weighted by molar-refractivity contribution is 5.80. The smallest absolute Gasteiger partial charge is 0.225 e. The molecule has 0 atom stereocenters. The maximum atomic E-state index is 12.3. The molecule has 1 amide bonds. The topological polar surface area (TPSA) is 49.8 Å². The van der Waals surface area contributed by atoms with Crippen LogP contribution in [0.2, 0.25) is 0 Å². The number of hydrogen-bond donors (Lipinski definition) is 1. The number of amides is 1. The molecule has 3 aliphatic rings. The van der Waals surface area contributed by atoms with Gasteiger partial charge < -0.3 is 14.7 Å². The Morgan fingerprint density at radius 3 is 2.58 bits per heavy atom. The molecule has 0 bridgehead atoms. The molecule has 1 heterocycles. The van der Waals surface area contributed by atoms with E-state index in [0.29, 0.717) is 24.2 Å². The second kappa shape index (κ2) is 6.07. The van der Waals surface area contributed by atoms with E-state index in [0.717, 1.165) is 18.8 Å². The molecule has 0 unspecified atom stereocenters. The van der Waals surface area contributed by atoms with Crippen molar-refractivity contribution in [1.29, 1.82) is 0 Å². The zero-order valence-electron chi connectivity index (χ0n) is 14.4. The Bertz CT molecular complexity index is 607. The zero-order valence-corrected chi connectivity index (χ0v) is 14.4. The van der Waals surface area contributed by atoms with Crippen LogP contribution in [-0.2, 0) is 4.79 Å². The summed E-state index contributed by atoms with van der Waals surface area (Å²) in [6.45, 7) is 1.87. The van der Waals surface area contributed by atoms with Crippen LogP contribution in [0.25, 0.3) is 0 Å². The maximum absolute atomic E-state index is 12.3. The minimum atomic E-state index is -0.243. The first-order chi connectivity index (χ1) is 11.6. The number of carbonyl (C=O) groups is 1. The highest BCUT2D eigenvalue weighted by atomic mass is 16.5. The Kier molecular flexibility index (Phi) is 4.03. The lowest BCUT2D eigenvalue weighted by molar-refractivity contribution is -0.157. The van der Waals surface area contributed by atoms with E-state index in [1.807, 2.05) is 11.0 Å². The van der Waals surface area contributed by atoms with E-state index in [9.17, 15) is 9.90 Å². The number of likely N-dealkylation sites (tertiary alicyclic amines) is 1. The van der Waals surface area contributed by atoms with Crippen LogP contribution in [0.15, 0.2) is 24.3 Å². The van der Waals surface area contributed by atoms with Gasteiger partial charge in [0.25, 0.3) is 0 Å². The lowest BCUT2D eigenvalue weighted by Crippen LogP contribution is -2.61. The first kappa shape index (κ1) is 15.9. The van der Waals surface area contributed by atoms with Crippen LogP contribution in [-0.4, -0.2) is 42.2 Å².